The summed E-state index contributed by atoms with van der Waals surface area (Å²) in [5.41, 5.74) is -1.10. The topological polar surface area (TPSA) is 74.6 Å². The molecular formula is C9H14BaO4S. The van der Waals surface area contributed by atoms with Crippen LogP contribution < -0.4 is 0 Å². The maximum absolute atomic E-state index is 10.6. The van der Waals surface area contributed by atoms with Crippen LogP contribution in [0.25, 0.3) is 0 Å². The summed E-state index contributed by atoms with van der Waals surface area (Å²) in [4.78, 5) is 0. The zero-order valence-electron chi connectivity index (χ0n) is 10.4. The van der Waals surface area contributed by atoms with Gasteiger partial charge < -0.3 is 7.96 Å². The van der Waals surface area contributed by atoms with Crippen LogP contribution >= 0.6 is 0 Å². The van der Waals surface area contributed by atoms with Crippen molar-refractivity contribution < 1.29 is 20.9 Å². The summed E-state index contributed by atoms with van der Waals surface area (Å²) in [7, 11) is -4.18. The third-order valence-corrected chi connectivity index (χ3v) is 2.79. The van der Waals surface area contributed by atoms with E-state index in [-0.39, 0.29) is 51.7 Å². The van der Waals surface area contributed by atoms with Gasteiger partial charge in [-0.1, -0.05) is 30.3 Å². The molecule has 0 bridgehead atoms. The molecule has 2 N–H and O–H groups in total. The molecule has 0 heterocycles. The summed E-state index contributed by atoms with van der Waals surface area (Å²) in [5.74, 6) is -0.704. The Kier molecular flexibility index (Phi) is 6.09. The van der Waals surface area contributed by atoms with Gasteiger partial charge in [0.05, 0.1) is 0 Å². The molecule has 6 heteroatoms. The van der Waals surface area contributed by atoms with E-state index in [1.54, 1.807) is 30.3 Å². The molecule has 0 radical (unpaired) electrons. The predicted octanol–water partition coefficient (Wildman–Crippen LogP) is 0.626. The van der Waals surface area contributed by atoms with Crippen LogP contribution in [0.5, 0.6) is 0 Å². The van der Waals surface area contributed by atoms with Crippen LogP contribution in [0.4, 0.5) is 0 Å². The summed E-state index contributed by atoms with van der Waals surface area (Å²) in [5, 5.41) is 9.78. The first-order valence-corrected chi connectivity index (χ1v) is 5.65. The molecule has 1 aromatic carbocycles. The van der Waals surface area contributed by atoms with E-state index in [1.165, 1.54) is 6.92 Å². The zero-order valence-corrected chi connectivity index (χ0v) is 13.7. The van der Waals surface area contributed by atoms with E-state index < -0.39 is 21.5 Å². The second-order valence-electron chi connectivity index (χ2n) is 3.37. The number of benzene rings is 1. The zero-order chi connectivity index (χ0) is 10.8. The van der Waals surface area contributed by atoms with Gasteiger partial charge in [-0.2, -0.15) is 8.42 Å². The van der Waals surface area contributed by atoms with Crippen LogP contribution in [0, 0.1) is 0 Å². The Labute approximate surface area is 132 Å². The molecule has 1 aromatic rings. The van der Waals surface area contributed by atoms with Crippen molar-refractivity contribution in [1.82, 2.24) is 0 Å². The number of hydrogen-bond acceptors (Lipinski definition) is 3. The smallest absolute Gasteiger partial charge is 1.00 e. The maximum atomic E-state index is 10.6. The van der Waals surface area contributed by atoms with Crippen molar-refractivity contribution in [3.8, 4) is 0 Å². The van der Waals surface area contributed by atoms with Gasteiger partial charge in [0, 0.05) is 0 Å². The normalized spacial score (nSPS) is 15.1. The molecule has 1 unspecified atom stereocenters. The molecule has 4 nitrogen and oxygen atoms in total. The minimum atomic E-state index is -4.18. The third kappa shape index (κ3) is 5.51. The van der Waals surface area contributed by atoms with Crippen molar-refractivity contribution in [1.29, 1.82) is 0 Å². The van der Waals surface area contributed by atoms with Crippen molar-refractivity contribution in [2.75, 3.05) is 5.75 Å². The molecule has 0 saturated heterocycles. The average molecular weight is 356 g/mol. The first-order valence-electron chi connectivity index (χ1n) is 4.04. The molecule has 0 spiro atoms. The largest absolute Gasteiger partial charge is 2.00 e. The Bertz CT molecular complexity index is 408. The van der Waals surface area contributed by atoms with Crippen LogP contribution in [-0.2, 0) is 15.7 Å². The van der Waals surface area contributed by atoms with Gasteiger partial charge in [0.25, 0.3) is 10.1 Å². The van der Waals surface area contributed by atoms with Crippen LogP contribution in [0.2, 0.25) is 0 Å². The van der Waals surface area contributed by atoms with Crippen LogP contribution in [0.3, 0.4) is 0 Å². The van der Waals surface area contributed by atoms with Gasteiger partial charge in [0.15, 0.2) is 0 Å². The van der Waals surface area contributed by atoms with Crippen molar-refractivity contribution in [3.05, 3.63) is 35.9 Å². The molecule has 1 rings (SSSR count). The Morgan fingerprint density at radius 2 is 1.80 bits per heavy atom. The van der Waals surface area contributed by atoms with E-state index in [1.807, 2.05) is 0 Å². The summed E-state index contributed by atoms with van der Waals surface area (Å²) in [6, 6.07) is 8.34. The number of aliphatic hydroxyl groups is 1. The van der Waals surface area contributed by atoms with Gasteiger partial charge in [0.1, 0.15) is 11.4 Å². The minimum absolute atomic E-state index is 0. The Morgan fingerprint density at radius 3 is 2.20 bits per heavy atom. The van der Waals surface area contributed by atoms with Crippen LogP contribution in [-0.4, -0.2) is 72.7 Å². The summed E-state index contributed by atoms with van der Waals surface area (Å²) < 4.78 is 29.9. The van der Waals surface area contributed by atoms with E-state index in [0.29, 0.717) is 5.56 Å². The van der Waals surface area contributed by atoms with E-state index in [9.17, 15) is 13.5 Å². The first kappa shape index (κ1) is 15.7. The number of hydrogen-bond donors (Lipinski definition) is 2. The van der Waals surface area contributed by atoms with Gasteiger partial charge >= 0.3 is 48.9 Å². The van der Waals surface area contributed by atoms with Gasteiger partial charge in [0.2, 0.25) is 0 Å². The van der Waals surface area contributed by atoms with Crippen LogP contribution in [0.1, 0.15) is 15.3 Å². The molecule has 15 heavy (non-hydrogen) atoms. The Morgan fingerprint density at radius 1 is 1.33 bits per heavy atom. The summed E-state index contributed by atoms with van der Waals surface area (Å²) in [6.45, 7) is 1.34. The molecule has 0 amide bonds. The van der Waals surface area contributed by atoms with E-state index in [2.05, 4.69) is 0 Å². The second kappa shape index (κ2) is 5.83. The monoisotopic (exact) mass is 356 g/mol. The molecule has 0 aromatic heterocycles. The van der Waals surface area contributed by atoms with Gasteiger partial charge in [-0.3, -0.25) is 4.55 Å². The van der Waals surface area contributed by atoms with E-state index in [4.69, 9.17) is 4.55 Å². The average Bonchev–Trinajstić information content (AvgIpc) is 2.01. The Hall–Kier alpha value is 0.661. The van der Waals surface area contributed by atoms with Gasteiger partial charge in [-0.05, 0) is 12.5 Å². The summed E-state index contributed by atoms with van der Waals surface area (Å²) >= 11 is 0. The fourth-order valence-corrected chi connectivity index (χ4v) is 2.11. The molecule has 0 saturated carbocycles. The minimum Gasteiger partial charge on any atom is -1.00 e. The van der Waals surface area contributed by atoms with Crippen molar-refractivity contribution in [2.24, 2.45) is 0 Å². The fourth-order valence-electron chi connectivity index (χ4n) is 1.24. The van der Waals surface area contributed by atoms with Crippen molar-refractivity contribution in [3.63, 3.8) is 0 Å². The second-order valence-corrected chi connectivity index (χ2v) is 4.82. The standard InChI is InChI=1S/C9H12O4S.Ba.2H/c1-9(10,7-14(11,12)13)8-5-3-2-4-6-8;;;/h2-6,10H,7H2,1H3,(H,11,12,13);;;/q;+2;2*-1. The van der Waals surface area contributed by atoms with Crippen LogP contribution in [0.15, 0.2) is 30.3 Å². The maximum Gasteiger partial charge on any atom is 2.00 e. The molecule has 0 aliphatic rings. The predicted molar refractivity (Wildman–Crippen MR) is 60.4 cm³/mol. The molecule has 1 atom stereocenters. The molecule has 0 aliphatic heterocycles. The van der Waals surface area contributed by atoms with Crippen molar-refractivity contribution in [2.45, 2.75) is 12.5 Å². The SMILES string of the molecule is CC(O)(CS(=O)(=O)O)c1ccccc1.[Ba+2].[H-].[H-]. The third-order valence-electron chi connectivity index (χ3n) is 1.86. The molecular weight excluding hydrogens is 341 g/mol. The molecule has 0 aliphatic carbocycles. The summed E-state index contributed by atoms with van der Waals surface area (Å²) in [6.07, 6.45) is 0. The molecule has 82 valence electrons. The quantitative estimate of drug-likeness (QED) is 0.616. The fraction of sp³-hybridized carbons (Fsp3) is 0.333. The van der Waals surface area contributed by atoms with Gasteiger partial charge in [-0.25, -0.2) is 0 Å². The van der Waals surface area contributed by atoms with Gasteiger partial charge in [-0.15, -0.1) is 0 Å². The first-order chi connectivity index (χ1) is 6.31. The van der Waals surface area contributed by atoms with Crippen molar-refractivity contribution >= 4 is 59.0 Å². The molecule has 0 fully saturated rings. The number of rotatable bonds is 3. The Balaban J connectivity index is -0.000000653. The van der Waals surface area contributed by atoms with E-state index >= 15 is 0 Å². The van der Waals surface area contributed by atoms with E-state index in [0.717, 1.165) is 0 Å².